The highest BCUT2D eigenvalue weighted by Gasteiger charge is 2.38. The molecule has 4 rings (SSSR count). The number of aromatic nitrogens is 3. The second kappa shape index (κ2) is 7.99. The molecule has 0 saturated heterocycles. The summed E-state index contributed by atoms with van der Waals surface area (Å²) in [6.07, 6.45) is 18.3. The number of fused-ring (bicyclic) bond motifs is 1. The van der Waals surface area contributed by atoms with Crippen LogP contribution in [0.4, 0.5) is 0 Å². The molecule has 1 aliphatic carbocycles. The molecular formula is C25H23N5. The van der Waals surface area contributed by atoms with E-state index in [1.807, 2.05) is 61.7 Å². The molecule has 1 atom stereocenters. The van der Waals surface area contributed by atoms with E-state index in [4.69, 9.17) is 17.1 Å². The van der Waals surface area contributed by atoms with Crippen LogP contribution >= 0.6 is 0 Å². The molecule has 2 N–H and O–H groups in total. The van der Waals surface area contributed by atoms with Gasteiger partial charge in [-0.15, -0.1) is 6.42 Å². The van der Waals surface area contributed by atoms with Crippen molar-refractivity contribution in [2.75, 3.05) is 0 Å². The summed E-state index contributed by atoms with van der Waals surface area (Å²) in [7, 11) is 0. The number of terminal acetylenes is 1. The lowest BCUT2D eigenvalue weighted by Gasteiger charge is -2.41. The number of nitrogens with two attached hydrogens (primary N) is 1. The zero-order valence-electron chi connectivity index (χ0n) is 16.9. The monoisotopic (exact) mass is 393 g/mol. The number of hydrogen-bond acceptors (Lipinski definition) is 4. The molecule has 1 saturated carbocycles. The van der Waals surface area contributed by atoms with Crippen LogP contribution in [-0.4, -0.2) is 19.9 Å². The van der Waals surface area contributed by atoms with Gasteiger partial charge in [-0.25, -0.2) is 9.97 Å². The lowest BCUT2D eigenvalue weighted by atomic mass is 9.69. The third kappa shape index (κ3) is 3.41. The van der Waals surface area contributed by atoms with E-state index in [0.717, 1.165) is 41.7 Å². The van der Waals surface area contributed by atoms with Gasteiger partial charge in [-0.3, -0.25) is 4.40 Å². The summed E-state index contributed by atoms with van der Waals surface area (Å²) in [6.45, 7) is 1.97. The Balaban J connectivity index is 1.83. The van der Waals surface area contributed by atoms with Crippen LogP contribution < -0.4 is 5.73 Å². The normalized spacial score (nSPS) is 16.7. The molecule has 1 fully saturated rings. The first kappa shape index (κ1) is 19.6. The predicted molar refractivity (Wildman–Crippen MR) is 119 cm³/mol. The van der Waals surface area contributed by atoms with E-state index in [0.29, 0.717) is 11.5 Å². The SMILES string of the molecule is C#CC(/C=C\C(=C/C)c1nc2ncc(C#N)n2cc1-c1ccccc1)C1(N)CCC1. The number of rotatable bonds is 5. The Morgan fingerprint density at radius 2 is 2.10 bits per heavy atom. The minimum atomic E-state index is -0.311. The topological polar surface area (TPSA) is 80.0 Å². The summed E-state index contributed by atoms with van der Waals surface area (Å²) in [6, 6.07) is 12.2. The van der Waals surface area contributed by atoms with Crippen LogP contribution in [0.15, 0.2) is 61.0 Å². The zero-order valence-corrected chi connectivity index (χ0v) is 16.9. The average Bonchev–Trinajstić information content (AvgIpc) is 3.17. The summed E-state index contributed by atoms with van der Waals surface area (Å²) in [5, 5.41) is 9.40. The fraction of sp³-hybridized carbons (Fsp3) is 0.240. The minimum Gasteiger partial charge on any atom is -0.324 e. The van der Waals surface area contributed by atoms with Gasteiger partial charge in [0.05, 0.1) is 17.8 Å². The second-order valence-electron chi connectivity index (χ2n) is 7.63. The molecule has 2 aromatic heterocycles. The van der Waals surface area contributed by atoms with Gasteiger partial charge >= 0.3 is 0 Å². The number of hydrogen-bond donors (Lipinski definition) is 1. The number of benzene rings is 1. The summed E-state index contributed by atoms with van der Waals surface area (Å²) in [5.74, 6) is 3.21. The van der Waals surface area contributed by atoms with Crippen LogP contribution in [0.5, 0.6) is 0 Å². The van der Waals surface area contributed by atoms with E-state index in [2.05, 4.69) is 17.0 Å². The lowest BCUT2D eigenvalue weighted by molar-refractivity contribution is 0.215. The van der Waals surface area contributed by atoms with Gasteiger partial charge < -0.3 is 5.73 Å². The number of imidazole rings is 1. The van der Waals surface area contributed by atoms with Crippen molar-refractivity contribution in [2.24, 2.45) is 11.7 Å². The van der Waals surface area contributed by atoms with Crippen LogP contribution in [-0.2, 0) is 0 Å². The first-order valence-electron chi connectivity index (χ1n) is 10.0. The molecule has 0 radical (unpaired) electrons. The Labute approximate surface area is 176 Å². The van der Waals surface area contributed by atoms with Gasteiger partial charge in [0.25, 0.3) is 0 Å². The molecule has 1 aliphatic rings. The third-order valence-electron chi connectivity index (χ3n) is 5.84. The highest BCUT2D eigenvalue weighted by molar-refractivity contribution is 5.84. The predicted octanol–water partition coefficient (Wildman–Crippen LogP) is 4.36. The van der Waals surface area contributed by atoms with Gasteiger partial charge in [0.2, 0.25) is 5.78 Å². The van der Waals surface area contributed by atoms with Crippen LogP contribution in [0, 0.1) is 29.6 Å². The quantitative estimate of drug-likeness (QED) is 0.516. The van der Waals surface area contributed by atoms with Crippen LogP contribution in [0.2, 0.25) is 0 Å². The Morgan fingerprint density at radius 1 is 1.33 bits per heavy atom. The summed E-state index contributed by atoms with van der Waals surface area (Å²) in [5.41, 5.74) is 10.2. The van der Waals surface area contributed by atoms with E-state index < -0.39 is 0 Å². The maximum Gasteiger partial charge on any atom is 0.235 e. The van der Waals surface area contributed by atoms with Crippen LogP contribution in [0.1, 0.15) is 37.6 Å². The van der Waals surface area contributed by atoms with Crippen molar-refractivity contribution in [2.45, 2.75) is 31.7 Å². The fourth-order valence-corrected chi connectivity index (χ4v) is 3.86. The molecule has 5 heteroatoms. The molecule has 30 heavy (non-hydrogen) atoms. The number of nitrogens with zero attached hydrogens (tertiary/aromatic N) is 4. The van der Waals surface area contributed by atoms with Crippen molar-refractivity contribution in [3.63, 3.8) is 0 Å². The highest BCUT2D eigenvalue weighted by atomic mass is 15.1. The smallest absolute Gasteiger partial charge is 0.235 e. The van der Waals surface area contributed by atoms with Crippen molar-refractivity contribution < 1.29 is 0 Å². The van der Waals surface area contributed by atoms with Crippen molar-refractivity contribution in [3.05, 3.63) is 72.3 Å². The molecule has 1 unspecified atom stereocenters. The maximum absolute atomic E-state index is 9.40. The van der Waals surface area contributed by atoms with Crippen molar-refractivity contribution in [1.29, 1.82) is 5.26 Å². The molecule has 5 nitrogen and oxygen atoms in total. The zero-order chi connectivity index (χ0) is 21.1. The number of allylic oxidation sites excluding steroid dienone is 3. The second-order valence-corrected chi connectivity index (χ2v) is 7.63. The summed E-state index contributed by atoms with van der Waals surface area (Å²) in [4.78, 5) is 9.09. The molecule has 0 bridgehead atoms. The van der Waals surface area contributed by atoms with E-state index in [1.54, 1.807) is 4.40 Å². The maximum atomic E-state index is 9.40. The first-order chi connectivity index (χ1) is 14.6. The summed E-state index contributed by atoms with van der Waals surface area (Å²) >= 11 is 0. The summed E-state index contributed by atoms with van der Waals surface area (Å²) < 4.78 is 1.72. The highest BCUT2D eigenvalue weighted by Crippen LogP contribution is 2.37. The van der Waals surface area contributed by atoms with E-state index in [-0.39, 0.29) is 11.5 Å². The van der Waals surface area contributed by atoms with Crippen LogP contribution in [0.25, 0.3) is 22.5 Å². The van der Waals surface area contributed by atoms with E-state index >= 15 is 0 Å². The van der Waals surface area contributed by atoms with Gasteiger partial charge in [-0.2, -0.15) is 5.26 Å². The molecular weight excluding hydrogens is 370 g/mol. The molecule has 148 valence electrons. The third-order valence-corrected chi connectivity index (χ3v) is 5.84. The van der Waals surface area contributed by atoms with Crippen molar-refractivity contribution in [3.8, 4) is 29.5 Å². The molecule has 3 aromatic rings. The average molecular weight is 393 g/mol. The number of nitriles is 1. The molecule has 1 aromatic carbocycles. The van der Waals surface area contributed by atoms with Crippen molar-refractivity contribution in [1.82, 2.24) is 14.4 Å². The largest absolute Gasteiger partial charge is 0.324 e. The Kier molecular flexibility index (Phi) is 5.23. The molecule has 2 heterocycles. The Hall–Kier alpha value is -3.67. The Morgan fingerprint density at radius 3 is 2.70 bits per heavy atom. The molecule has 0 aliphatic heterocycles. The fourth-order valence-electron chi connectivity index (χ4n) is 3.86. The van der Waals surface area contributed by atoms with Gasteiger partial charge in [0.1, 0.15) is 11.8 Å². The van der Waals surface area contributed by atoms with Gasteiger partial charge in [0.15, 0.2) is 0 Å². The van der Waals surface area contributed by atoms with E-state index in [9.17, 15) is 5.26 Å². The van der Waals surface area contributed by atoms with Crippen molar-refractivity contribution >= 4 is 11.4 Å². The van der Waals surface area contributed by atoms with Crippen LogP contribution in [0.3, 0.4) is 0 Å². The standard InChI is InChI=1S/C25H23N5/c1-3-18(11-12-20(4-2)25(27)13-8-14-25)23-22(19-9-6-5-7-10-19)17-30-21(15-26)16-28-24(30)29-23/h2-3,5-7,9-12,16-17,20H,8,13-14,27H2,1H3/b12-11-,18-3+. The van der Waals surface area contributed by atoms with Gasteiger partial charge in [-0.05, 0) is 37.3 Å². The Bertz CT molecular complexity index is 1210. The van der Waals surface area contributed by atoms with Gasteiger partial charge in [0, 0.05) is 17.3 Å². The van der Waals surface area contributed by atoms with E-state index in [1.165, 1.54) is 6.20 Å². The molecule has 0 spiro atoms. The van der Waals surface area contributed by atoms with Gasteiger partial charge in [-0.1, -0.05) is 54.5 Å². The minimum absolute atomic E-state index is 0.123. The first-order valence-corrected chi connectivity index (χ1v) is 10.0. The lowest BCUT2D eigenvalue weighted by Crippen LogP contribution is -2.51. The molecule has 0 amide bonds.